The molecule has 0 saturated carbocycles. The quantitative estimate of drug-likeness (QED) is 0.779. The summed E-state index contributed by atoms with van der Waals surface area (Å²) in [5.41, 5.74) is 1.11. The van der Waals surface area contributed by atoms with E-state index >= 15 is 0 Å². The van der Waals surface area contributed by atoms with Gasteiger partial charge in [0.05, 0.1) is 12.3 Å². The van der Waals surface area contributed by atoms with Gasteiger partial charge in [0.2, 0.25) is 0 Å². The maximum absolute atomic E-state index is 9.78. The van der Waals surface area contributed by atoms with E-state index < -0.39 is 0 Å². The van der Waals surface area contributed by atoms with Crippen molar-refractivity contribution in [1.82, 2.24) is 9.78 Å². The van der Waals surface area contributed by atoms with E-state index in [0.717, 1.165) is 24.8 Å². The lowest BCUT2D eigenvalue weighted by molar-refractivity contribution is 0.144. The van der Waals surface area contributed by atoms with E-state index in [1.807, 2.05) is 19.4 Å². The summed E-state index contributed by atoms with van der Waals surface area (Å²) in [5.74, 6) is 0.599. The first-order valence-corrected chi connectivity index (χ1v) is 5.27. The Morgan fingerprint density at radius 1 is 1.57 bits per heavy atom. The van der Waals surface area contributed by atoms with Crippen molar-refractivity contribution >= 4 is 0 Å². The monoisotopic (exact) mass is 196 g/mol. The highest BCUT2D eigenvalue weighted by atomic mass is 16.3. The van der Waals surface area contributed by atoms with Gasteiger partial charge in [0.1, 0.15) is 0 Å². The van der Waals surface area contributed by atoms with E-state index in [1.54, 1.807) is 4.68 Å². The minimum atomic E-state index is -0.228. The molecule has 0 bridgehead atoms. The molecular formula is C11H20N2O. The molecule has 0 aliphatic carbocycles. The van der Waals surface area contributed by atoms with E-state index in [0.29, 0.717) is 5.92 Å². The fourth-order valence-electron chi connectivity index (χ4n) is 1.56. The first kappa shape index (κ1) is 11.2. The van der Waals surface area contributed by atoms with Gasteiger partial charge in [-0.3, -0.25) is 4.68 Å². The number of rotatable bonds is 5. The molecule has 0 radical (unpaired) electrons. The summed E-state index contributed by atoms with van der Waals surface area (Å²) in [6.07, 6.45) is 6.28. The van der Waals surface area contributed by atoms with E-state index in [2.05, 4.69) is 18.9 Å². The van der Waals surface area contributed by atoms with Gasteiger partial charge in [-0.1, -0.05) is 20.3 Å². The largest absolute Gasteiger partial charge is 0.393 e. The lowest BCUT2D eigenvalue weighted by Crippen LogP contribution is -2.14. The highest BCUT2D eigenvalue weighted by molar-refractivity contribution is 5.04. The summed E-state index contributed by atoms with van der Waals surface area (Å²) in [5, 5.41) is 13.9. The molecule has 0 amide bonds. The average molecular weight is 196 g/mol. The molecule has 1 rings (SSSR count). The molecule has 3 heteroatoms. The molecule has 1 aromatic heterocycles. The first-order valence-electron chi connectivity index (χ1n) is 5.27. The van der Waals surface area contributed by atoms with Crippen LogP contribution in [0.15, 0.2) is 12.4 Å². The number of aromatic nitrogens is 2. The predicted octanol–water partition coefficient (Wildman–Crippen LogP) is 1.76. The third-order valence-electron chi connectivity index (χ3n) is 2.60. The number of hydrogen-bond acceptors (Lipinski definition) is 2. The average Bonchev–Trinajstić information content (AvgIpc) is 2.50. The van der Waals surface area contributed by atoms with Crippen LogP contribution >= 0.6 is 0 Å². The molecule has 2 unspecified atom stereocenters. The standard InChI is InChI=1S/C11H20N2O/c1-4-9(2)5-11(14)6-10-7-12-13(3)8-10/h7-9,11,14H,4-6H2,1-3H3. The Balaban J connectivity index is 2.37. The van der Waals surface area contributed by atoms with Crippen LogP contribution in [0.25, 0.3) is 0 Å². The van der Waals surface area contributed by atoms with Crippen LogP contribution in [-0.2, 0) is 13.5 Å². The van der Waals surface area contributed by atoms with Crippen LogP contribution < -0.4 is 0 Å². The molecule has 1 N–H and O–H groups in total. The molecule has 0 fully saturated rings. The molecule has 2 atom stereocenters. The molecule has 3 nitrogen and oxygen atoms in total. The van der Waals surface area contributed by atoms with Crippen LogP contribution in [0, 0.1) is 5.92 Å². The molecule has 1 aromatic rings. The summed E-state index contributed by atoms with van der Waals surface area (Å²) in [6, 6.07) is 0. The Hall–Kier alpha value is -0.830. The maximum Gasteiger partial charge on any atom is 0.0584 e. The van der Waals surface area contributed by atoms with Crippen molar-refractivity contribution in [2.45, 2.75) is 39.2 Å². The smallest absolute Gasteiger partial charge is 0.0584 e. The van der Waals surface area contributed by atoms with Crippen molar-refractivity contribution in [3.05, 3.63) is 18.0 Å². The summed E-state index contributed by atoms with van der Waals surface area (Å²) in [6.45, 7) is 4.33. The molecule has 80 valence electrons. The van der Waals surface area contributed by atoms with Crippen LogP contribution in [0.5, 0.6) is 0 Å². The number of nitrogens with zero attached hydrogens (tertiary/aromatic N) is 2. The lowest BCUT2D eigenvalue weighted by Gasteiger charge is -2.13. The fourth-order valence-corrected chi connectivity index (χ4v) is 1.56. The van der Waals surface area contributed by atoms with Gasteiger partial charge < -0.3 is 5.11 Å². The Bertz CT molecular complexity index is 270. The van der Waals surface area contributed by atoms with Crippen molar-refractivity contribution in [3.63, 3.8) is 0 Å². The number of aryl methyl sites for hydroxylation is 1. The van der Waals surface area contributed by atoms with Crippen molar-refractivity contribution < 1.29 is 5.11 Å². The molecule has 0 aromatic carbocycles. The van der Waals surface area contributed by atoms with E-state index in [9.17, 15) is 5.11 Å². The second-order valence-electron chi connectivity index (χ2n) is 4.13. The van der Waals surface area contributed by atoms with Crippen molar-refractivity contribution in [3.8, 4) is 0 Å². The van der Waals surface area contributed by atoms with Crippen LogP contribution in [0.4, 0.5) is 0 Å². The molecule has 14 heavy (non-hydrogen) atoms. The van der Waals surface area contributed by atoms with E-state index in [4.69, 9.17) is 0 Å². The lowest BCUT2D eigenvalue weighted by atomic mass is 9.98. The maximum atomic E-state index is 9.78. The Labute approximate surface area is 85.8 Å². The molecule has 1 heterocycles. The summed E-state index contributed by atoms with van der Waals surface area (Å²) in [7, 11) is 1.89. The SMILES string of the molecule is CCC(C)CC(O)Cc1cnn(C)c1. The van der Waals surface area contributed by atoms with Gasteiger partial charge in [-0.15, -0.1) is 0 Å². The topological polar surface area (TPSA) is 38.1 Å². The van der Waals surface area contributed by atoms with Crippen LogP contribution in [0.1, 0.15) is 32.3 Å². The zero-order chi connectivity index (χ0) is 10.6. The third kappa shape index (κ3) is 3.50. The molecule has 0 aliphatic heterocycles. The second-order valence-corrected chi connectivity index (χ2v) is 4.13. The zero-order valence-electron chi connectivity index (χ0n) is 9.27. The van der Waals surface area contributed by atoms with Gasteiger partial charge in [-0.05, 0) is 17.9 Å². The van der Waals surface area contributed by atoms with E-state index in [1.165, 1.54) is 0 Å². The minimum Gasteiger partial charge on any atom is -0.393 e. The molecular weight excluding hydrogens is 176 g/mol. The minimum absolute atomic E-state index is 0.228. The Morgan fingerprint density at radius 2 is 2.29 bits per heavy atom. The number of aliphatic hydroxyl groups excluding tert-OH is 1. The summed E-state index contributed by atoms with van der Waals surface area (Å²) >= 11 is 0. The van der Waals surface area contributed by atoms with Crippen LogP contribution in [0.3, 0.4) is 0 Å². The number of aliphatic hydroxyl groups is 1. The summed E-state index contributed by atoms with van der Waals surface area (Å²) in [4.78, 5) is 0. The Morgan fingerprint density at radius 3 is 2.79 bits per heavy atom. The van der Waals surface area contributed by atoms with E-state index in [-0.39, 0.29) is 6.10 Å². The highest BCUT2D eigenvalue weighted by Gasteiger charge is 2.10. The van der Waals surface area contributed by atoms with Gasteiger partial charge in [0, 0.05) is 19.7 Å². The van der Waals surface area contributed by atoms with Gasteiger partial charge in [0.15, 0.2) is 0 Å². The normalized spacial score (nSPS) is 15.4. The predicted molar refractivity (Wildman–Crippen MR) is 57.0 cm³/mol. The van der Waals surface area contributed by atoms with Crippen molar-refractivity contribution in [2.24, 2.45) is 13.0 Å². The molecule has 0 aliphatic rings. The van der Waals surface area contributed by atoms with Crippen LogP contribution in [0.2, 0.25) is 0 Å². The van der Waals surface area contributed by atoms with Crippen molar-refractivity contribution in [2.75, 3.05) is 0 Å². The second kappa shape index (κ2) is 5.15. The first-order chi connectivity index (χ1) is 6.61. The van der Waals surface area contributed by atoms with Gasteiger partial charge in [-0.25, -0.2) is 0 Å². The zero-order valence-corrected chi connectivity index (χ0v) is 9.27. The van der Waals surface area contributed by atoms with Crippen molar-refractivity contribution in [1.29, 1.82) is 0 Å². The van der Waals surface area contributed by atoms with Gasteiger partial charge >= 0.3 is 0 Å². The third-order valence-corrected chi connectivity index (χ3v) is 2.60. The molecule has 0 spiro atoms. The molecule has 0 saturated heterocycles. The van der Waals surface area contributed by atoms with Gasteiger partial charge in [-0.2, -0.15) is 5.10 Å². The Kier molecular flexibility index (Phi) is 4.14. The highest BCUT2D eigenvalue weighted by Crippen LogP contribution is 2.13. The number of hydrogen-bond donors (Lipinski definition) is 1. The van der Waals surface area contributed by atoms with Gasteiger partial charge in [0.25, 0.3) is 0 Å². The fraction of sp³-hybridized carbons (Fsp3) is 0.727. The van der Waals surface area contributed by atoms with Crippen LogP contribution in [-0.4, -0.2) is 21.0 Å². The summed E-state index contributed by atoms with van der Waals surface area (Å²) < 4.78 is 1.77.